The predicted octanol–water partition coefficient (Wildman–Crippen LogP) is 3.05. The van der Waals surface area contributed by atoms with Crippen LogP contribution in [-0.4, -0.2) is 15.0 Å². The molecule has 0 N–H and O–H groups in total. The van der Waals surface area contributed by atoms with E-state index >= 15 is 0 Å². The van der Waals surface area contributed by atoms with Gasteiger partial charge in [-0.1, -0.05) is 35.9 Å². The van der Waals surface area contributed by atoms with Gasteiger partial charge in [-0.3, -0.25) is 4.18 Å². The van der Waals surface area contributed by atoms with Gasteiger partial charge < -0.3 is 0 Å². The van der Waals surface area contributed by atoms with E-state index in [4.69, 9.17) is 4.18 Å². The van der Waals surface area contributed by atoms with Crippen LogP contribution >= 0.6 is 0 Å². The van der Waals surface area contributed by atoms with Gasteiger partial charge in [-0.25, -0.2) is 0 Å². The topological polar surface area (TPSA) is 43.4 Å². The van der Waals surface area contributed by atoms with Crippen LogP contribution in [0.4, 0.5) is 0 Å². The van der Waals surface area contributed by atoms with Gasteiger partial charge in [-0.05, 0) is 49.6 Å². The second-order valence-corrected chi connectivity index (χ2v) is 6.31. The Hall–Kier alpha value is -1.65. The summed E-state index contributed by atoms with van der Waals surface area (Å²) in [6, 6.07) is 15.3. The van der Waals surface area contributed by atoms with Crippen molar-refractivity contribution in [2.75, 3.05) is 6.61 Å². The molecule has 0 saturated carbocycles. The van der Waals surface area contributed by atoms with E-state index in [0.29, 0.717) is 6.42 Å². The number of aryl methyl sites for hydroxylation is 2. The standard InChI is InChI=1S/C16H17O3S/c1-13-7-9-16(10-8-13)20(17,18)19-12-11-15-6-4-3-5-14(15)2/h3,5-10H,11-12H2,1-2H3. The molecule has 0 fully saturated rings. The van der Waals surface area contributed by atoms with E-state index in [1.807, 2.05) is 32.0 Å². The zero-order chi connectivity index (χ0) is 14.6. The molecule has 1 radical (unpaired) electrons. The fourth-order valence-corrected chi connectivity index (χ4v) is 2.75. The van der Waals surface area contributed by atoms with Gasteiger partial charge in [0.15, 0.2) is 0 Å². The van der Waals surface area contributed by atoms with E-state index in [1.54, 1.807) is 24.3 Å². The quantitative estimate of drug-likeness (QED) is 0.795. The highest BCUT2D eigenvalue weighted by atomic mass is 32.2. The van der Waals surface area contributed by atoms with E-state index < -0.39 is 10.1 Å². The molecule has 0 atom stereocenters. The molecule has 4 heteroatoms. The van der Waals surface area contributed by atoms with Gasteiger partial charge in [-0.15, -0.1) is 0 Å². The summed E-state index contributed by atoms with van der Waals surface area (Å²) in [6.45, 7) is 4.03. The molecule has 0 aliphatic carbocycles. The third-order valence-corrected chi connectivity index (χ3v) is 4.44. The molecule has 0 aliphatic heterocycles. The van der Waals surface area contributed by atoms with Gasteiger partial charge in [0.1, 0.15) is 0 Å². The van der Waals surface area contributed by atoms with Crippen LogP contribution in [0.3, 0.4) is 0 Å². The molecule has 0 spiro atoms. The van der Waals surface area contributed by atoms with Gasteiger partial charge >= 0.3 is 0 Å². The molecular weight excluding hydrogens is 272 g/mol. The lowest BCUT2D eigenvalue weighted by atomic mass is 10.1. The van der Waals surface area contributed by atoms with E-state index in [-0.39, 0.29) is 11.5 Å². The molecule has 105 valence electrons. The summed E-state index contributed by atoms with van der Waals surface area (Å²) < 4.78 is 29.0. The van der Waals surface area contributed by atoms with Crippen LogP contribution in [0.25, 0.3) is 0 Å². The van der Waals surface area contributed by atoms with Gasteiger partial charge in [0, 0.05) is 0 Å². The monoisotopic (exact) mass is 289 g/mol. The third kappa shape index (κ3) is 3.68. The minimum absolute atomic E-state index is 0.134. The molecule has 0 saturated heterocycles. The summed E-state index contributed by atoms with van der Waals surface area (Å²) in [4.78, 5) is 0.194. The minimum atomic E-state index is -3.67. The second-order valence-electron chi connectivity index (χ2n) is 4.69. The van der Waals surface area contributed by atoms with Crippen LogP contribution in [0.1, 0.15) is 16.7 Å². The SMILES string of the molecule is Cc1ccc(S(=O)(=O)OCCc2c[c]ccc2C)cc1. The van der Waals surface area contributed by atoms with Crippen molar-refractivity contribution in [2.24, 2.45) is 0 Å². The Bertz CT molecular complexity index is 673. The number of hydrogen-bond donors (Lipinski definition) is 0. The third-order valence-electron chi connectivity index (χ3n) is 3.11. The van der Waals surface area contributed by atoms with Crippen molar-refractivity contribution in [2.45, 2.75) is 25.2 Å². The molecule has 2 aromatic carbocycles. The fraction of sp³-hybridized carbons (Fsp3) is 0.250. The average molecular weight is 289 g/mol. The van der Waals surface area contributed by atoms with Crippen molar-refractivity contribution in [1.29, 1.82) is 0 Å². The lowest BCUT2D eigenvalue weighted by Gasteiger charge is -2.07. The maximum Gasteiger partial charge on any atom is 0.296 e. The molecule has 20 heavy (non-hydrogen) atoms. The summed E-state index contributed by atoms with van der Waals surface area (Å²) in [6.07, 6.45) is 0.550. The van der Waals surface area contributed by atoms with Crippen molar-refractivity contribution >= 4 is 10.1 Å². The van der Waals surface area contributed by atoms with E-state index in [2.05, 4.69) is 6.07 Å². The van der Waals surface area contributed by atoms with Crippen LogP contribution < -0.4 is 0 Å². The summed E-state index contributed by atoms with van der Waals surface area (Å²) in [5, 5.41) is 0. The Morgan fingerprint density at radius 3 is 2.45 bits per heavy atom. The van der Waals surface area contributed by atoms with Crippen LogP contribution in [0, 0.1) is 19.9 Å². The Kier molecular flexibility index (Phi) is 4.57. The van der Waals surface area contributed by atoms with E-state index in [9.17, 15) is 8.42 Å². The highest BCUT2D eigenvalue weighted by Gasteiger charge is 2.14. The summed E-state index contributed by atoms with van der Waals surface area (Å²) in [5.41, 5.74) is 3.17. The molecule has 0 bridgehead atoms. The fourth-order valence-electron chi connectivity index (χ4n) is 1.85. The Labute approximate surface area is 120 Å². The lowest BCUT2D eigenvalue weighted by molar-refractivity contribution is 0.322. The van der Waals surface area contributed by atoms with E-state index in [1.165, 1.54) is 0 Å². The molecule has 2 aromatic rings. The average Bonchev–Trinajstić information content (AvgIpc) is 2.41. The zero-order valence-corrected chi connectivity index (χ0v) is 12.4. The number of benzene rings is 2. The summed E-state index contributed by atoms with van der Waals surface area (Å²) >= 11 is 0. The molecule has 0 unspecified atom stereocenters. The first-order valence-corrected chi connectivity index (χ1v) is 7.81. The largest absolute Gasteiger partial charge is 0.296 e. The molecule has 0 heterocycles. The normalized spacial score (nSPS) is 11.5. The van der Waals surface area contributed by atoms with Crippen LogP contribution in [0.2, 0.25) is 0 Å². The Balaban J connectivity index is 2.00. The van der Waals surface area contributed by atoms with Crippen LogP contribution in [0.15, 0.2) is 47.4 Å². The first-order chi connectivity index (χ1) is 9.49. The molecule has 3 nitrogen and oxygen atoms in total. The second kappa shape index (κ2) is 6.20. The Morgan fingerprint density at radius 1 is 1.10 bits per heavy atom. The van der Waals surface area contributed by atoms with E-state index in [0.717, 1.165) is 16.7 Å². The van der Waals surface area contributed by atoms with Gasteiger partial charge in [0.25, 0.3) is 10.1 Å². The van der Waals surface area contributed by atoms with Crippen molar-refractivity contribution in [1.82, 2.24) is 0 Å². The van der Waals surface area contributed by atoms with Gasteiger partial charge in [0.2, 0.25) is 0 Å². The highest BCUT2D eigenvalue weighted by Crippen LogP contribution is 2.14. The minimum Gasteiger partial charge on any atom is -0.266 e. The summed E-state index contributed by atoms with van der Waals surface area (Å²) in [5.74, 6) is 0. The maximum absolute atomic E-state index is 12.0. The first kappa shape index (κ1) is 14.8. The van der Waals surface area contributed by atoms with Gasteiger partial charge in [-0.2, -0.15) is 8.42 Å². The molecule has 0 aromatic heterocycles. The van der Waals surface area contributed by atoms with Crippen molar-refractivity contribution in [3.8, 4) is 0 Å². The zero-order valence-electron chi connectivity index (χ0n) is 11.6. The number of rotatable bonds is 5. The smallest absolute Gasteiger partial charge is 0.266 e. The first-order valence-electron chi connectivity index (χ1n) is 6.41. The number of hydrogen-bond acceptors (Lipinski definition) is 3. The highest BCUT2D eigenvalue weighted by molar-refractivity contribution is 7.86. The maximum atomic E-state index is 12.0. The van der Waals surface area contributed by atoms with Crippen molar-refractivity contribution in [3.63, 3.8) is 0 Å². The lowest BCUT2D eigenvalue weighted by Crippen LogP contribution is -2.09. The van der Waals surface area contributed by atoms with Crippen molar-refractivity contribution < 1.29 is 12.6 Å². The predicted molar refractivity (Wildman–Crippen MR) is 78.0 cm³/mol. The molecular formula is C16H17O3S. The molecule has 2 rings (SSSR count). The van der Waals surface area contributed by atoms with Gasteiger partial charge in [0.05, 0.1) is 11.5 Å². The Morgan fingerprint density at radius 2 is 1.80 bits per heavy atom. The van der Waals surface area contributed by atoms with Crippen molar-refractivity contribution in [3.05, 3.63) is 65.2 Å². The van der Waals surface area contributed by atoms with Crippen LogP contribution in [0.5, 0.6) is 0 Å². The van der Waals surface area contributed by atoms with Crippen LogP contribution in [-0.2, 0) is 20.7 Å². The molecule has 0 amide bonds. The molecule has 0 aliphatic rings. The summed E-state index contributed by atoms with van der Waals surface area (Å²) in [7, 11) is -3.67.